The Bertz CT molecular complexity index is 716. The Balaban J connectivity index is 1.78. The Hall–Kier alpha value is -2.87. The van der Waals surface area contributed by atoms with Crippen LogP contribution in [0.4, 0.5) is 10.5 Å². The van der Waals surface area contributed by atoms with Gasteiger partial charge in [0.05, 0.1) is 12.2 Å². The van der Waals surface area contributed by atoms with Crippen LogP contribution in [0.3, 0.4) is 0 Å². The SMILES string of the molecule is CC(=O)Nc1ccccc1OCC(=O)NC(=O)NCc1cccs1. The zero-order chi connectivity index (χ0) is 17.4. The second-order valence-electron chi connectivity index (χ2n) is 4.78. The van der Waals surface area contributed by atoms with Crippen LogP contribution in [0.5, 0.6) is 5.75 Å². The number of urea groups is 1. The number of imide groups is 1. The molecule has 0 atom stereocenters. The Morgan fingerprint density at radius 3 is 2.62 bits per heavy atom. The normalized spacial score (nSPS) is 9.88. The van der Waals surface area contributed by atoms with Crippen LogP contribution in [0.15, 0.2) is 41.8 Å². The van der Waals surface area contributed by atoms with E-state index in [-0.39, 0.29) is 12.5 Å². The number of anilines is 1. The number of hydrogen-bond acceptors (Lipinski definition) is 5. The Morgan fingerprint density at radius 2 is 1.92 bits per heavy atom. The molecule has 1 heterocycles. The third-order valence-corrected chi connectivity index (χ3v) is 3.69. The molecule has 24 heavy (non-hydrogen) atoms. The molecular weight excluding hydrogens is 330 g/mol. The van der Waals surface area contributed by atoms with E-state index in [1.165, 1.54) is 18.3 Å². The van der Waals surface area contributed by atoms with Gasteiger partial charge in [0.2, 0.25) is 5.91 Å². The third-order valence-electron chi connectivity index (χ3n) is 2.81. The molecule has 0 spiro atoms. The fraction of sp³-hybridized carbons (Fsp3) is 0.188. The lowest BCUT2D eigenvalue weighted by atomic mass is 10.3. The van der Waals surface area contributed by atoms with E-state index in [9.17, 15) is 14.4 Å². The maximum absolute atomic E-state index is 11.7. The van der Waals surface area contributed by atoms with Crippen molar-refractivity contribution in [1.29, 1.82) is 0 Å². The topological polar surface area (TPSA) is 96.5 Å². The van der Waals surface area contributed by atoms with Gasteiger partial charge in [0.1, 0.15) is 5.75 Å². The highest BCUT2D eigenvalue weighted by atomic mass is 32.1. The summed E-state index contributed by atoms with van der Waals surface area (Å²) >= 11 is 1.51. The Labute approximate surface area is 143 Å². The smallest absolute Gasteiger partial charge is 0.321 e. The second kappa shape index (κ2) is 8.68. The number of benzene rings is 1. The van der Waals surface area contributed by atoms with E-state index in [4.69, 9.17) is 4.74 Å². The first kappa shape index (κ1) is 17.5. The lowest BCUT2D eigenvalue weighted by Gasteiger charge is -2.11. The number of para-hydroxylation sites is 2. The molecular formula is C16H17N3O4S. The molecule has 8 heteroatoms. The van der Waals surface area contributed by atoms with Gasteiger partial charge in [0.25, 0.3) is 5.91 Å². The van der Waals surface area contributed by atoms with Crippen molar-refractivity contribution in [2.75, 3.05) is 11.9 Å². The molecule has 0 aliphatic carbocycles. The van der Waals surface area contributed by atoms with Gasteiger partial charge in [0, 0.05) is 11.8 Å². The lowest BCUT2D eigenvalue weighted by Crippen LogP contribution is -2.41. The number of carbonyl (C=O) groups is 3. The molecule has 4 amide bonds. The first-order valence-electron chi connectivity index (χ1n) is 7.14. The average molecular weight is 347 g/mol. The summed E-state index contributed by atoms with van der Waals surface area (Å²) in [5, 5.41) is 9.26. The number of amides is 4. The highest BCUT2D eigenvalue weighted by Crippen LogP contribution is 2.23. The molecule has 3 N–H and O–H groups in total. The Morgan fingerprint density at radius 1 is 1.12 bits per heavy atom. The van der Waals surface area contributed by atoms with E-state index in [0.29, 0.717) is 18.0 Å². The van der Waals surface area contributed by atoms with Gasteiger partial charge >= 0.3 is 6.03 Å². The predicted molar refractivity (Wildman–Crippen MR) is 90.9 cm³/mol. The van der Waals surface area contributed by atoms with Crippen LogP contribution in [0.25, 0.3) is 0 Å². The van der Waals surface area contributed by atoms with E-state index in [1.807, 2.05) is 17.5 Å². The monoisotopic (exact) mass is 347 g/mol. The summed E-state index contributed by atoms with van der Waals surface area (Å²) in [7, 11) is 0. The van der Waals surface area contributed by atoms with E-state index in [0.717, 1.165) is 4.88 Å². The van der Waals surface area contributed by atoms with Crippen molar-refractivity contribution in [2.45, 2.75) is 13.5 Å². The molecule has 0 radical (unpaired) electrons. The summed E-state index contributed by atoms with van der Waals surface area (Å²) in [6, 6.07) is 9.90. The van der Waals surface area contributed by atoms with Gasteiger partial charge in [-0.1, -0.05) is 18.2 Å². The molecule has 0 aliphatic heterocycles. The molecule has 0 fully saturated rings. The minimum absolute atomic E-state index is 0.247. The van der Waals surface area contributed by atoms with Crippen molar-refractivity contribution in [3.05, 3.63) is 46.7 Å². The van der Waals surface area contributed by atoms with E-state index in [2.05, 4.69) is 16.0 Å². The van der Waals surface area contributed by atoms with Crippen molar-refractivity contribution in [1.82, 2.24) is 10.6 Å². The van der Waals surface area contributed by atoms with Gasteiger partial charge in [-0.15, -0.1) is 11.3 Å². The summed E-state index contributed by atoms with van der Waals surface area (Å²) in [4.78, 5) is 35.5. The van der Waals surface area contributed by atoms with Crippen LogP contribution in [-0.4, -0.2) is 24.5 Å². The summed E-state index contributed by atoms with van der Waals surface area (Å²) < 4.78 is 5.35. The van der Waals surface area contributed by atoms with Gasteiger partial charge < -0.3 is 15.4 Å². The molecule has 126 valence electrons. The average Bonchev–Trinajstić information content (AvgIpc) is 3.05. The number of thiophene rings is 1. The van der Waals surface area contributed by atoms with Crippen molar-refractivity contribution < 1.29 is 19.1 Å². The fourth-order valence-electron chi connectivity index (χ4n) is 1.82. The van der Waals surface area contributed by atoms with E-state index in [1.54, 1.807) is 24.3 Å². The summed E-state index contributed by atoms with van der Waals surface area (Å²) in [5.74, 6) is -0.485. The molecule has 0 saturated carbocycles. The molecule has 2 aromatic rings. The molecule has 1 aromatic carbocycles. The summed E-state index contributed by atoms with van der Waals surface area (Å²) in [6.45, 7) is 1.38. The first-order chi connectivity index (χ1) is 11.5. The van der Waals surface area contributed by atoms with Crippen LogP contribution in [0, 0.1) is 0 Å². The molecule has 7 nitrogen and oxygen atoms in total. The van der Waals surface area contributed by atoms with Crippen LogP contribution in [-0.2, 0) is 16.1 Å². The zero-order valence-electron chi connectivity index (χ0n) is 13.0. The first-order valence-corrected chi connectivity index (χ1v) is 8.02. The van der Waals surface area contributed by atoms with Crippen molar-refractivity contribution in [2.24, 2.45) is 0 Å². The summed E-state index contributed by atoms with van der Waals surface area (Å²) in [6.07, 6.45) is 0. The van der Waals surface area contributed by atoms with Crippen LogP contribution in [0.1, 0.15) is 11.8 Å². The molecule has 1 aromatic heterocycles. The third kappa shape index (κ3) is 5.73. The highest BCUT2D eigenvalue weighted by Gasteiger charge is 2.10. The zero-order valence-corrected chi connectivity index (χ0v) is 13.8. The van der Waals surface area contributed by atoms with E-state index >= 15 is 0 Å². The molecule has 0 aliphatic rings. The van der Waals surface area contributed by atoms with Gasteiger partial charge in [-0.3, -0.25) is 14.9 Å². The lowest BCUT2D eigenvalue weighted by molar-refractivity contribution is -0.122. The van der Waals surface area contributed by atoms with Crippen molar-refractivity contribution in [3.8, 4) is 5.75 Å². The van der Waals surface area contributed by atoms with Crippen LogP contribution in [0.2, 0.25) is 0 Å². The second-order valence-corrected chi connectivity index (χ2v) is 5.81. The van der Waals surface area contributed by atoms with Crippen LogP contribution < -0.4 is 20.7 Å². The molecule has 0 saturated heterocycles. The van der Waals surface area contributed by atoms with Gasteiger partial charge in [-0.05, 0) is 23.6 Å². The maximum Gasteiger partial charge on any atom is 0.321 e. The fourth-order valence-corrected chi connectivity index (χ4v) is 2.46. The number of hydrogen-bond donors (Lipinski definition) is 3. The highest BCUT2D eigenvalue weighted by molar-refractivity contribution is 7.09. The van der Waals surface area contributed by atoms with E-state index < -0.39 is 11.9 Å². The molecule has 2 rings (SSSR count). The van der Waals surface area contributed by atoms with Gasteiger partial charge in [-0.2, -0.15) is 0 Å². The number of nitrogens with one attached hydrogen (secondary N) is 3. The standard InChI is InChI=1S/C16H17N3O4S/c1-11(20)18-13-6-2-3-7-14(13)23-10-15(21)19-16(22)17-9-12-5-4-8-24-12/h2-8H,9-10H2,1H3,(H,18,20)(H2,17,19,21,22). The minimum atomic E-state index is -0.591. The van der Waals surface area contributed by atoms with Crippen molar-refractivity contribution >= 4 is 34.9 Å². The van der Waals surface area contributed by atoms with Crippen molar-refractivity contribution in [3.63, 3.8) is 0 Å². The van der Waals surface area contributed by atoms with Gasteiger partial charge in [0.15, 0.2) is 6.61 Å². The molecule has 0 bridgehead atoms. The quantitative estimate of drug-likeness (QED) is 0.746. The maximum atomic E-state index is 11.7. The largest absolute Gasteiger partial charge is 0.482 e. The summed E-state index contributed by atoms with van der Waals surface area (Å²) in [5.41, 5.74) is 0.458. The van der Waals surface area contributed by atoms with Crippen LogP contribution >= 0.6 is 11.3 Å². The number of ether oxygens (including phenoxy) is 1. The Kier molecular flexibility index (Phi) is 6.32. The predicted octanol–water partition coefficient (Wildman–Crippen LogP) is 2.11. The minimum Gasteiger partial charge on any atom is -0.482 e. The molecule has 0 unspecified atom stereocenters. The number of carbonyl (C=O) groups excluding carboxylic acids is 3. The number of rotatable bonds is 6. The van der Waals surface area contributed by atoms with Gasteiger partial charge in [-0.25, -0.2) is 4.79 Å².